The fourth-order valence-electron chi connectivity index (χ4n) is 6.25. The van der Waals surface area contributed by atoms with Gasteiger partial charge in [-0.1, -0.05) is 81.3 Å². The Morgan fingerprint density at radius 1 is 0.938 bits per heavy atom. The zero-order valence-electron chi connectivity index (χ0n) is 28.5. The van der Waals surface area contributed by atoms with E-state index in [1.54, 1.807) is 33.8 Å². The van der Waals surface area contributed by atoms with Crippen LogP contribution in [0.25, 0.3) is 5.69 Å². The number of rotatable bonds is 13. The van der Waals surface area contributed by atoms with Crippen LogP contribution in [0.2, 0.25) is 0 Å². The van der Waals surface area contributed by atoms with E-state index >= 15 is 0 Å². The van der Waals surface area contributed by atoms with E-state index in [1.165, 1.54) is 0 Å². The van der Waals surface area contributed by atoms with Gasteiger partial charge >= 0.3 is 0 Å². The van der Waals surface area contributed by atoms with Gasteiger partial charge < -0.3 is 20.2 Å². The van der Waals surface area contributed by atoms with Crippen molar-refractivity contribution in [3.8, 4) is 5.69 Å². The second-order valence-corrected chi connectivity index (χ2v) is 12.7. The lowest BCUT2D eigenvalue weighted by atomic mass is 9.93. The van der Waals surface area contributed by atoms with Crippen molar-refractivity contribution in [2.24, 2.45) is 0 Å². The van der Waals surface area contributed by atoms with E-state index in [2.05, 4.69) is 19.2 Å². The Kier molecular flexibility index (Phi) is 11.4. The summed E-state index contributed by atoms with van der Waals surface area (Å²) in [6.07, 6.45) is 4.32. The first-order chi connectivity index (χ1) is 23.2. The topological polar surface area (TPSA) is 108 Å². The summed E-state index contributed by atoms with van der Waals surface area (Å²) < 4.78 is 1.64. The van der Waals surface area contributed by atoms with Crippen molar-refractivity contribution in [3.05, 3.63) is 113 Å². The van der Waals surface area contributed by atoms with Crippen LogP contribution in [0.5, 0.6) is 0 Å². The largest absolute Gasteiger partial charge is 0.394 e. The number of fused-ring (bicyclic) bond motifs is 1. The maximum atomic E-state index is 14.5. The average Bonchev–Trinajstić information content (AvgIpc) is 3.51. The van der Waals surface area contributed by atoms with Gasteiger partial charge in [0, 0.05) is 31.0 Å². The van der Waals surface area contributed by atoms with Crippen LogP contribution in [0.1, 0.15) is 95.6 Å². The van der Waals surface area contributed by atoms with Crippen LogP contribution in [0.4, 0.5) is 5.69 Å². The summed E-state index contributed by atoms with van der Waals surface area (Å²) in [6.45, 7) is 9.41. The van der Waals surface area contributed by atoms with Crippen molar-refractivity contribution < 1.29 is 19.5 Å². The summed E-state index contributed by atoms with van der Waals surface area (Å²) >= 11 is 0. The molecule has 2 N–H and O–H groups in total. The van der Waals surface area contributed by atoms with Gasteiger partial charge in [-0.25, -0.2) is 4.68 Å². The average molecular weight is 650 g/mol. The Morgan fingerprint density at radius 3 is 2.27 bits per heavy atom. The van der Waals surface area contributed by atoms with Crippen molar-refractivity contribution in [1.29, 1.82) is 0 Å². The highest BCUT2D eigenvalue weighted by atomic mass is 16.3. The molecule has 0 saturated heterocycles. The summed E-state index contributed by atoms with van der Waals surface area (Å²) in [4.78, 5) is 45.1. The van der Waals surface area contributed by atoms with E-state index in [-0.39, 0.29) is 24.3 Å². The number of aliphatic hydroxyl groups is 1. The summed E-state index contributed by atoms with van der Waals surface area (Å²) in [5.74, 6) is -1.03. The molecular weight excluding hydrogens is 602 g/mol. The lowest BCUT2D eigenvalue weighted by Crippen LogP contribution is -2.46. The van der Waals surface area contributed by atoms with E-state index < -0.39 is 12.0 Å². The molecule has 2 atom stereocenters. The summed E-state index contributed by atoms with van der Waals surface area (Å²) in [6, 6.07) is 24.0. The summed E-state index contributed by atoms with van der Waals surface area (Å²) in [5.41, 5.74) is 5.34. The van der Waals surface area contributed by atoms with Gasteiger partial charge in [-0.15, -0.1) is 0 Å². The van der Waals surface area contributed by atoms with Crippen LogP contribution in [-0.2, 0) is 17.8 Å². The standard InChI is InChI=1S/C39H47N5O4/c1-5-7-20-42(21-8-6-2)39(48)35-22-27(3)44(41-35)36-19-18-32(40-37(46)28(4)29-14-10-9-11-15-29)24-34(36)38(47)43-25-31-17-13-12-16-30(31)23-33(43)26-45/h9-19,22,24,28,33,45H,5-8,20-21,23,25-26H2,1-4H3,(H,40,46)/t28?,33-/m0/s1. The molecule has 0 spiro atoms. The SMILES string of the molecule is CCCCN(CCCC)C(=O)c1cc(C)n(-c2ccc(NC(=O)C(C)c3ccccc3)cc2C(=O)N2Cc3ccccc3C[C@H]2CO)n1. The van der Waals surface area contributed by atoms with Gasteiger partial charge in [-0.2, -0.15) is 5.10 Å². The maximum absolute atomic E-state index is 14.5. The fourth-order valence-corrected chi connectivity index (χ4v) is 6.25. The predicted octanol–water partition coefficient (Wildman–Crippen LogP) is 6.52. The first kappa shape index (κ1) is 34.6. The molecule has 0 aliphatic carbocycles. The number of aromatic nitrogens is 2. The molecule has 252 valence electrons. The van der Waals surface area contributed by atoms with E-state index in [4.69, 9.17) is 5.10 Å². The normalized spacial score (nSPS) is 14.7. The van der Waals surface area contributed by atoms with Crippen molar-refractivity contribution in [3.63, 3.8) is 0 Å². The number of hydrogen-bond donors (Lipinski definition) is 2. The molecule has 4 aromatic rings. The van der Waals surface area contributed by atoms with Gasteiger partial charge in [0.15, 0.2) is 5.69 Å². The molecule has 3 aromatic carbocycles. The molecule has 2 heterocycles. The summed E-state index contributed by atoms with van der Waals surface area (Å²) in [7, 11) is 0. The van der Waals surface area contributed by atoms with E-state index in [1.807, 2.05) is 73.3 Å². The monoisotopic (exact) mass is 649 g/mol. The van der Waals surface area contributed by atoms with Crippen molar-refractivity contribution in [2.75, 3.05) is 25.0 Å². The first-order valence-electron chi connectivity index (χ1n) is 17.1. The van der Waals surface area contributed by atoms with Crippen molar-refractivity contribution in [2.45, 2.75) is 78.3 Å². The lowest BCUT2D eigenvalue weighted by Gasteiger charge is -2.36. The van der Waals surface area contributed by atoms with Crippen LogP contribution in [0, 0.1) is 6.92 Å². The number of amides is 3. The molecule has 1 aromatic heterocycles. The van der Waals surface area contributed by atoms with Crippen LogP contribution in [0.3, 0.4) is 0 Å². The Balaban J connectivity index is 1.53. The van der Waals surface area contributed by atoms with Crippen LogP contribution >= 0.6 is 0 Å². The molecular formula is C39H47N5O4. The van der Waals surface area contributed by atoms with Gasteiger partial charge in [0.1, 0.15) is 0 Å². The minimum Gasteiger partial charge on any atom is -0.394 e. The molecule has 48 heavy (non-hydrogen) atoms. The van der Waals surface area contributed by atoms with Crippen LogP contribution < -0.4 is 5.32 Å². The van der Waals surface area contributed by atoms with Gasteiger partial charge in [0.25, 0.3) is 11.8 Å². The third-order valence-electron chi connectivity index (χ3n) is 9.20. The molecule has 0 radical (unpaired) electrons. The Labute approximate surface area is 283 Å². The molecule has 1 aliphatic rings. The fraction of sp³-hybridized carbons (Fsp3) is 0.385. The number of carbonyl (C=O) groups is 3. The number of nitrogens with zero attached hydrogens (tertiary/aromatic N) is 4. The number of aliphatic hydroxyl groups excluding tert-OH is 1. The molecule has 9 nitrogen and oxygen atoms in total. The van der Waals surface area contributed by atoms with Gasteiger partial charge in [0.05, 0.1) is 29.8 Å². The molecule has 5 rings (SSSR count). The second kappa shape index (κ2) is 15.9. The third kappa shape index (κ3) is 7.68. The maximum Gasteiger partial charge on any atom is 0.274 e. The zero-order chi connectivity index (χ0) is 34.2. The second-order valence-electron chi connectivity index (χ2n) is 12.7. The third-order valence-corrected chi connectivity index (χ3v) is 9.20. The van der Waals surface area contributed by atoms with Gasteiger partial charge in [0.2, 0.25) is 5.91 Å². The Hall–Kier alpha value is -4.76. The first-order valence-corrected chi connectivity index (χ1v) is 17.1. The van der Waals surface area contributed by atoms with Crippen molar-refractivity contribution >= 4 is 23.4 Å². The number of aryl methyl sites for hydroxylation is 1. The van der Waals surface area contributed by atoms with E-state index in [0.29, 0.717) is 54.4 Å². The molecule has 0 fully saturated rings. The molecule has 9 heteroatoms. The molecule has 0 bridgehead atoms. The number of nitrogens with one attached hydrogen (secondary N) is 1. The molecule has 0 saturated carbocycles. The quantitative estimate of drug-likeness (QED) is 0.171. The van der Waals surface area contributed by atoms with Crippen LogP contribution in [-0.4, -0.2) is 68.1 Å². The molecule has 3 amide bonds. The highest BCUT2D eigenvalue weighted by Gasteiger charge is 2.32. The number of unbranched alkanes of at least 4 members (excludes halogenated alkanes) is 2. The number of carbonyl (C=O) groups excluding carboxylic acids is 3. The van der Waals surface area contributed by atoms with Crippen molar-refractivity contribution in [1.82, 2.24) is 19.6 Å². The van der Waals surface area contributed by atoms with Gasteiger partial charge in [-0.05, 0) is 74.1 Å². The number of hydrogen-bond acceptors (Lipinski definition) is 5. The number of anilines is 1. The highest BCUT2D eigenvalue weighted by Crippen LogP contribution is 2.29. The smallest absolute Gasteiger partial charge is 0.274 e. The predicted molar refractivity (Wildman–Crippen MR) is 188 cm³/mol. The Morgan fingerprint density at radius 2 is 1.60 bits per heavy atom. The summed E-state index contributed by atoms with van der Waals surface area (Å²) in [5, 5.41) is 18.1. The van der Waals surface area contributed by atoms with E-state index in [0.717, 1.165) is 42.4 Å². The molecule has 1 unspecified atom stereocenters. The lowest BCUT2D eigenvalue weighted by molar-refractivity contribution is -0.117. The minimum atomic E-state index is -0.418. The zero-order valence-corrected chi connectivity index (χ0v) is 28.5. The molecule has 1 aliphatic heterocycles. The van der Waals surface area contributed by atoms with E-state index in [9.17, 15) is 19.5 Å². The van der Waals surface area contributed by atoms with Crippen LogP contribution in [0.15, 0.2) is 78.9 Å². The minimum absolute atomic E-state index is 0.126. The van der Waals surface area contributed by atoms with Gasteiger partial charge in [-0.3, -0.25) is 14.4 Å². The highest BCUT2D eigenvalue weighted by molar-refractivity contribution is 6.01. The number of benzene rings is 3. The Bertz CT molecular complexity index is 1730.